The maximum atomic E-state index is 11.8. The maximum absolute atomic E-state index is 11.8. The van der Waals surface area contributed by atoms with Gasteiger partial charge in [0, 0.05) is 25.9 Å². The molecule has 0 radical (unpaired) electrons. The van der Waals surface area contributed by atoms with E-state index in [4.69, 9.17) is 5.73 Å². The summed E-state index contributed by atoms with van der Waals surface area (Å²) in [5, 5.41) is 5.47. The van der Waals surface area contributed by atoms with Crippen molar-refractivity contribution >= 4 is 24.2 Å². The normalized spacial score (nSPS) is 22.7. The number of amides is 2. The van der Waals surface area contributed by atoms with Crippen molar-refractivity contribution in [1.29, 1.82) is 0 Å². The van der Waals surface area contributed by atoms with E-state index in [0.717, 1.165) is 19.3 Å². The van der Waals surface area contributed by atoms with Crippen molar-refractivity contribution in [3.05, 3.63) is 0 Å². The van der Waals surface area contributed by atoms with Crippen molar-refractivity contribution in [2.45, 2.75) is 26.2 Å². The molecule has 0 spiro atoms. The van der Waals surface area contributed by atoms with Gasteiger partial charge in [-0.3, -0.25) is 9.59 Å². The van der Waals surface area contributed by atoms with Crippen LogP contribution in [0.25, 0.3) is 0 Å². The van der Waals surface area contributed by atoms with E-state index in [1.54, 1.807) is 0 Å². The van der Waals surface area contributed by atoms with E-state index in [1.807, 2.05) is 0 Å². The Morgan fingerprint density at radius 3 is 2.47 bits per heavy atom. The number of halogens is 1. The van der Waals surface area contributed by atoms with Gasteiger partial charge < -0.3 is 16.4 Å². The molecule has 1 saturated carbocycles. The van der Waals surface area contributed by atoms with Crippen LogP contribution < -0.4 is 16.4 Å². The molecule has 0 aliphatic heterocycles. The third-order valence-corrected chi connectivity index (χ3v) is 3.10. The summed E-state index contributed by atoms with van der Waals surface area (Å²) >= 11 is 0. The highest BCUT2D eigenvalue weighted by molar-refractivity contribution is 5.85. The summed E-state index contributed by atoms with van der Waals surface area (Å²) < 4.78 is 0. The van der Waals surface area contributed by atoms with E-state index >= 15 is 0 Å². The van der Waals surface area contributed by atoms with Crippen LogP contribution in [0.15, 0.2) is 0 Å². The highest BCUT2D eigenvalue weighted by Crippen LogP contribution is 2.30. The Balaban J connectivity index is 0.00000256. The molecular formula is C11H22ClN3O2. The van der Waals surface area contributed by atoms with E-state index in [9.17, 15) is 9.59 Å². The number of carbonyl (C=O) groups excluding carboxylic acids is 2. The van der Waals surface area contributed by atoms with Crippen molar-refractivity contribution in [3.8, 4) is 0 Å². The molecule has 0 heterocycles. The van der Waals surface area contributed by atoms with Crippen molar-refractivity contribution in [2.75, 3.05) is 19.6 Å². The third-order valence-electron chi connectivity index (χ3n) is 3.10. The van der Waals surface area contributed by atoms with Gasteiger partial charge in [-0.1, -0.05) is 6.42 Å². The van der Waals surface area contributed by atoms with Crippen LogP contribution in [0.4, 0.5) is 0 Å². The molecule has 4 N–H and O–H groups in total. The SMILES string of the molecule is CC(=O)NCCNC(=O)[C@@H]1CCC[C@@H]1CN.Cl. The summed E-state index contributed by atoms with van der Waals surface area (Å²) in [6, 6.07) is 0. The van der Waals surface area contributed by atoms with Gasteiger partial charge in [-0.15, -0.1) is 12.4 Å². The lowest BCUT2D eigenvalue weighted by Crippen LogP contribution is -2.39. The molecule has 0 bridgehead atoms. The number of hydrogen-bond donors (Lipinski definition) is 3. The quantitative estimate of drug-likeness (QED) is 0.612. The molecule has 17 heavy (non-hydrogen) atoms. The van der Waals surface area contributed by atoms with E-state index < -0.39 is 0 Å². The number of nitrogens with two attached hydrogens (primary N) is 1. The molecule has 1 rings (SSSR count). The van der Waals surface area contributed by atoms with Gasteiger partial charge in [-0.05, 0) is 25.3 Å². The molecule has 5 nitrogen and oxygen atoms in total. The maximum Gasteiger partial charge on any atom is 0.223 e. The lowest BCUT2D eigenvalue weighted by molar-refractivity contribution is -0.126. The van der Waals surface area contributed by atoms with Crippen LogP contribution >= 0.6 is 12.4 Å². The fraction of sp³-hybridized carbons (Fsp3) is 0.818. The molecule has 0 aromatic carbocycles. The lowest BCUT2D eigenvalue weighted by atomic mass is 9.95. The van der Waals surface area contributed by atoms with Gasteiger partial charge in [0.05, 0.1) is 0 Å². The van der Waals surface area contributed by atoms with E-state index in [2.05, 4.69) is 10.6 Å². The molecule has 1 fully saturated rings. The van der Waals surface area contributed by atoms with Crippen LogP contribution in [0.1, 0.15) is 26.2 Å². The molecule has 1 aliphatic rings. The number of hydrogen-bond acceptors (Lipinski definition) is 3. The average molecular weight is 264 g/mol. The van der Waals surface area contributed by atoms with Gasteiger partial charge in [0.15, 0.2) is 0 Å². The molecule has 100 valence electrons. The molecular weight excluding hydrogens is 242 g/mol. The van der Waals surface area contributed by atoms with Crippen molar-refractivity contribution in [3.63, 3.8) is 0 Å². The predicted octanol–water partition coefficient (Wildman–Crippen LogP) is 0.0355. The van der Waals surface area contributed by atoms with E-state index in [-0.39, 0.29) is 30.1 Å². The minimum Gasteiger partial charge on any atom is -0.355 e. The first-order valence-corrected chi connectivity index (χ1v) is 5.87. The molecule has 2 atom stereocenters. The first-order valence-electron chi connectivity index (χ1n) is 5.87. The highest BCUT2D eigenvalue weighted by Gasteiger charge is 2.31. The van der Waals surface area contributed by atoms with Crippen molar-refractivity contribution in [1.82, 2.24) is 10.6 Å². The Labute approximate surface area is 108 Å². The van der Waals surface area contributed by atoms with Crippen LogP contribution in [0, 0.1) is 11.8 Å². The Bertz CT molecular complexity index is 261. The predicted molar refractivity (Wildman–Crippen MR) is 68.8 cm³/mol. The summed E-state index contributed by atoms with van der Waals surface area (Å²) in [6.07, 6.45) is 3.08. The van der Waals surface area contributed by atoms with Crippen molar-refractivity contribution in [2.24, 2.45) is 17.6 Å². The Morgan fingerprint density at radius 2 is 1.88 bits per heavy atom. The van der Waals surface area contributed by atoms with Crippen LogP contribution in [0.2, 0.25) is 0 Å². The van der Waals surface area contributed by atoms with Crippen LogP contribution in [0.3, 0.4) is 0 Å². The molecule has 2 amide bonds. The average Bonchev–Trinajstić information content (AvgIpc) is 2.71. The Hall–Kier alpha value is -0.810. The minimum absolute atomic E-state index is 0. The summed E-state index contributed by atoms with van der Waals surface area (Å²) in [6.45, 7) is 3.03. The Kier molecular flexibility index (Phi) is 7.91. The highest BCUT2D eigenvalue weighted by atomic mass is 35.5. The molecule has 1 aliphatic carbocycles. The van der Waals surface area contributed by atoms with Crippen LogP contribution in [0.5, 0.6) is 0 Å². The van der Waals surface area contributed by atoms with Gasteiger partial charge in [0.2, 0.25) is 11.8 Å². The first-order chi connectivity index (χ1) is 7.65. The number of rotatable bonds is 5. The summed E-state index contributed by atoms with van der Waals surface area (Å²) in [4.78, 5) is 22.4. The third kappa shape index (κ3) is 5.37. The standard InChI is InChI=1S/C11H21N3O2.ClH/c1-8(15)13-5-6-14-11(16)10-4-2-3-9(10)7-12;/h9-10H,2-7,12H2,1H3,(H,13,15)(H,14,16);1H/t9-,10-;/m1./s1. The van der Waals surface area contributed by atoms with Crippen LogP contribution in [-0.2, 0) is 9.59 Å². The number of carbonyl (C=O) groups is 2. The van der Waals surface area contributed by atoms with Crippen molar-refractivity contribution < 1.29 is 9.59 Å². The Morgan fingerprint density at radius 1 is 1.24 bits per heavy atom. The minimum atomic E-state index is -0.0741. The van der Waals surface area contributed by atoms with Gasteiger partial charge in [0.25, 0.3) is 0 Å². The smallest absolute Gasteiger partial charge is 0.223 e. The fourth-order valence-electron chi connectivity index (χ4n) is 2.22. The lowest BCUT2D eigenvalue weighted by Gasteiger charge is -2.17. The molecule has 0 aromatic heterocycles. The summed E-state index contributed by atoms with van der Waals surface area (Å²) in [5.41, 5.74) is 5.62. The molecule has 6 heteroatoms. The van der Waals surface area contributed by atoms with Gasteiger partial charge >= 0.3 is 0 Å². The summed E-state index contributed by atoms with van der Waals surface area (Å²) in [5.74, 6) is 0.413. The topological polar surface area (TPSA) is 84.2 Å². The zero-order valence-corrected chi connectivity index (χ0v) is 11.0. The zero-order chi connectivity index (χ0) is 12.0. The summed E-state index contributed by atoms with van der Waals surface area (Å²) in [7, 11) is 0. The number of nitrogens with one attached hydrogen (secondary N) is 2. The van der Waals surface area contributed by atoms with E-state index in [1.165, 1.54) is 6.92 Å². The largest absolute Gasteiger partial charge is 0.355 e. The second-order valence-corrected chi connectivity index (χ2v) is 4.31. The van der Waals surface area contributed by atoms with E-state index in [0.29, 0.717) is 25.6 Å². The second kappa shape index (κ2) is 8.31. The van der Waals surface area contributed by atoms with Gasteiger partial charge in [-0.2, -0.15) is 0 Å². The first kappa shape index (κ1) is 16.2. The zero-order valence-electron chi connectivity index (χ0n) is 10.2. The molecule has 0 aromatic rings. The fourth-order valence-corrected chi connectivity index (χ4v) is 2.22. The molecule has 0 unspecified atom stereocenters. The monoisotopic (exact) mass is 263 g/mol. The van der Waals surface area contributed by atoms with Crippen LogP contribution in [-0.4, -0.2) is 31.4 Å². The van der Waals surface area contributed by atoms with Gasteiger partial charge in [-0.25, -0.2) is 0 Å². The van der Waals surface area contributed by atoms with Gasteiger partial charge in [0.1, 0.15) is 0 Å². The molecule has 0 saturated heterocycles. The second-order valence-electron chi connectivity index (χ2n) is 4.31.